The molecule has 0 saturated heterocycles. The number of Topliss-reactive ketones (excluding diaryl/α,β-unsaturated/α-hetero) is 1. The molecule has 0 amide bonds. The smallest absolute Gasteiger partial charge is 0.315 e. The number of carbonyl (C=O) groups excluding carboxylic acids is 2. The van der Waals surface area contributed by atoms with Gasteiger partial charge in [-0.15, -0.1) is 0 Å². The number of phenols is 1. The summed E-state index contributed by atoms with van der Waals surface area (Å²) in [5, 5.41) is 21.4. The van der Waals surface area contributed by atoms with Crippen LogP contribution in [0.5, 0.6) is 5.75 Å². The molecule has 0 radical (unpaired) electrons. The Morgan fingerprint density at radius 2 is 1.91 bits per heavy atom. The van der Waals surface area contributed by atoms with Crippen LogP contribution >= 0.6 is 0 Å². The Hall–Kier alpha value is -3.03. The number of allylic oxidation sites excluding steroid dienone is 2. The first kappa shape index (κ1) is 23.1. The van der Waals surface area contributed by atoms with Crippen molar-refractivity contribution in [2.24, 2.45) is 16.3 Å². The van der Waals surface area contributed by atoms with Crippen LogP contribution in [0.25, 0.3) is 0 Å². The highest BCUT2D eigenvalue weighted by atomic mass is 16.6. The average Bonchev–Trinajstić information content (AvgIpc) is 2.72. The van der Waals surface area contributed by atoms with Crippen LogP contribution in [0.4, 0.5) is 5.69 Å². The SMILES string of the molecule is CC1=NC2=C(C(=O)CC(C)(C)C2)[C@@H](c2ccc(O)c([N+](=O)[O-])c2)C1C(=O)OC1CCCCC1. The lowest BCUT2D eigenvalue weighted by Gasteiger charge is -2.39. The van der Waals surface area contributed by atoms with E-state index in [1.54, 1.807) is 13.0 Å². The summed E-state index contributed by atoms with van der Waals surface area (Å²) in [6.45, 7) is 5.76. The second kappa shape index (κ2) is 8.72. The van der Waals surface area contributed by atoms with Gasteiger partial charge in [-0.2, -0.15) is 0 Å². The minimum Gasteiger partial charge on any atom is -0.502 e. The van der Waals surface area contributed by atoms with Gasteiger partial charge in [-0.05, 0) is 56.1 Å². The van der Waals surface area contributed by atoms with Crippen LogP contribution in [0.1, 0.15) is 77.2 Å². The lowest BCUT2D eigenvalue weighted by molar-refractivity contribution is -0.385. The summed E-state index contributed by atoms with van der Waals surface area (Å²) in [5.41, 5.74) is 1.32. The zero-order valence-corrected chi connectivity index (χ0v) is 19.3. The third kappa shape index (κ3) is 4.56. The van der Waals surface area contributed by atoms with Crippen molar-refractivity contribution in [3.05, 3.63) is 45.1 Å². The highest BCUT2D eigenvalue weighted by Crippen LogP contribution is 2.49. The summed E-state index contributed by atoms with van der Waals surface area (Å²) in [5.74, 6) is -2.60. The van der Waals surface area contributed by atoms with Gasteiger partial charge >= 0.3 is 11.7 Å². The van der Waals surface area contributed by atoms with Crippen molar-refractivity contribution in [3.63, 3.8) is 0 Å². The number of hydrogen-bond donors (Lipinski definition) is 1. The minimum absolute atomic E-state index is 0.103. The van der Waals surface area contributed by atoms with Gasteiger partial charge in [0, 0.05) is 35.4 Å². The van der Waals surface area contributed by atoms with E-state index in [2.05, 4.69) is 4.99 Å². The Kier molecular flexibility index (Phi) is 6.12. The standard InChI is InChI=1S/C25H30N2O6/c1-14-21(24(30)33-16-7-5-4-6-8-16)22(15-9-10-19(28)18(11-15)27(31)32)23-17(26-14)12-25(2,3)13-20(23)29/h9-11,16,21-22,28H,4-8,12-13H2,1-3H3/t21?,22-/m0/s1. The molecule has 1 saturated carbocycles. The number of aromatic hydroxyl groups is 1. The molecule has 176 valence electrons. The van der Waals surface area contributed by atoms with E-state index >= 15 is 0 Å². The maximum absolute atomic E-state index is 13.4. The molecule has 2 atom stereocenters. The number of benzene rings is 1. The van der Waals surface area contributed by atoms with E-state index in [9.17, 15) is 24.8 Å². The first-order chi connectivity index (χ1) is 15.6. The molecule has 1 N–H and O–H groups in total. The summed E-state index contributed by atoms with van der Waals surface area (Å²) >= 11 is 0. The fraction of sp³-hybridized carbons (Fsp3) is 0.560. The Labute approximate surface area is 192 Å². The summed E-state index contributed by atoms with van der Waals surface area (Å²) in [4.78, 5) is 42.3. The molecule has 33 heavy (non-hydrogen) atoms. The molecule has 1 aliphatic heterocycles. The number of esters is 1. The quantitative estimate of drug-likeness (QED) is 0.389. The molecule has 1 aromatic carbocycles. The van der Waals surface area contributed by atoms with Crippen molar-refractivity contribution in [1.29, 1.82) is 0 Å². The van der Waals surface area contributed by atoms with Gasteiger partial charge in [0.2, 0.25) is 0 Å². The Balaban J connectivity index is 1.80. The first-order valence-electron chi connectivity index (χ1n) is 11.6. The van der Waals surface area contributed by atoms with Gasteiger partial charge < -0.3 is 9.84 Å². The lowest BCUT2D eigenvalue weighted by Crippen LogP contribution is -2.40. The van der Waals surface area contributed by atoms with Gasteiger partial charge in [0.15, 0.2) is 11.5 Å². The molecule has 1 unspecified atom stereocenters. The number of ketones is 1. The van der Waals surface area contributed by atoms with Crippen molar-refractivity contribution in [3.8, 4) is 5.75 Å². The van der Waals surface area contributed by atoms with Gasteiger partial charge in [0.25, 0.3) is 0 Å². The Morgan fingerprint density at radius 1 is 1.21 bits per heavy atom. The van der Waals surface area contributed by atoms with Gasteiger partial charge in [-0.25, -0.2) is 0 Å². The molecule has 1 aromatic rings. The van der Waals surface area contributed by atoms with Gasteiger partial charge in [-0.1, -0.05) is 26.3 Å². The topological polar surface area (TPSA) is 119 Å². The number of ether oxygens (including phenoxy) is 1. The number of phenolic OH excluding ortho intramolecular Hbond substituents is 1. The third-order valence-electron chi connectivity index (χ3n) is 6.95. The molecule has 1 heterocycles. The lowest BCUT2D eigenvalue weighted by atomic mass is 9.67. The van der Waals surface area contributed by atoms with Crippen LogP contribution in [0.15, 0.2) is 34.5 Å². The number of aliphatic imine (C=N–C) groups is 1. The fourth-order valence-electron chi connectivity index (χ4n) is 5.41. The van der Waals surface area contributed by atoms with Gasteiger partial charge in [-0.3, -0.25) is 24.7 Å². The molecule has 0 aromatic heterocycles. The monoisotopic (exact) mass is 454 g/mol. The summed E-state index contributed by atoms with van der Waals surface area (Å²) in [7, 11) is 0. The maximum atomic E-state index is 13.4. The van der Waals surface area contributed by atoms with Crippen molar-refractivity contribution >= 4 is 23.2 Å². The highest BCUT2D eigenvalue weighted by molar-refractivity contribution is 6.09. The normalized spacial score (nSPS) is 25.3. The van der Waals surface area contributed by atoms with E-state index in [1.807, 2.05) is 13.8 Å². The van der Waals surface area contributed by atoms with E-state index in [0.717, 1.165) is 32.1 Å². The maximum Gasteiger partial charge on any atom is 0.315 e. The average molecular weight is 455 g/mol. The van der Waals surface area contributed by atoms with E-state index in [-0.39, 0.29) is 17.3 Å². The molecule has 8 nitrogen and oxygen atoms in total. The van der Waals surface area contributed by atoms with Gasteiger partial charge in [0.05, 0.1) is 4.92 Å². The minimum atomic E-state index is -0.847. The molecular weight excluding hydrogens is 424 g/mol. The number of nitro benzene ring substituents is 1. The molecule has 0 spiro atoms. The zero-order valence-electron chi connectivity index (χ0n) is 19.3. The van der Waals surface area contributed by atoms with E-state index in [1.165, 1.54) is 12.1 Å². The fourth-order valence-corrected chi connectivity index (χ4v) is 5.41. The number of rotatable bonds is 4. The second-order valence-corrected chi connectivity index (χ2v) is 10.2. The molecule has 2 aliphatic carbocycles. The number of nitro groups is 1. The zero-order chi connectivity index (χ0) is 23.9. The van der Waals surface area contributed by atoms with Crippen LogP contribution in [0.3, 0.4) is 0 Å². The van der Waals surface area contributed by atoms with Crippen LogP contribution in [-0.2, 0) is 14.3 Å². The predicted octanol–water partition coefficient (Wildman–Crippen LogP) is 4.99. The van der Waals surface area contributed by atoms with E-state index in [4.69, 9.17) is 4.74 Å². The molecule has 1 fully saturated rings. The number of carbonyl (C=O) groups is 2. The first-order valence-corrected chi connectivity index (χ1v) is 11.6. The van der Waals surface area contributed by atoms with E-state index < -0.39 is 34.2 Å². The molecule has 4 rings (SSSR count). The van der Waals surface area contributed by atoms with Crippen molar-refractivity contribution in [1.82, 2.24) is 0 Å². The van der Waals surface area contributed by atoms with Crippen LogP contribution in [0, 0.1) is 21.4 Å². The number of hydrogen-bond acceptors (Lipinski definition) is 7. The van der Waals surface area contributed by atoms with Crippen LogP contribution in [-0.4, -0.2) is 33.6 Å². The Bertz CT molecular complexity index is 1060. The van der Waals surface area contributed by atoms with Gasteiger partial charge in [0.1, 0.15) is 12.0 Å². The summed E-state index contributed by atoms with van der Waals surface area (Å²) < 4.78 is 5.87. The third-order valence-corrected chi connectivity index (χ3v) is 6.95. The predicted molar refractivity (Wildman–Crippen MR) is 122 cm³/mol. The van der Waals surface area contributed by atoms with Crippen LogP contribution < -0.4 is 0 Å². The Morgan fingerprint density at radius 3 is 2.58 bits per heavy atom. The summed E-state index contributed by atoms with van der Waals surface area (Å²) in [6.07, 6.45) is 5.48. The second-order valence-electron chi connectivity index (χ2n) is 10.2. The number of nitrogens with zero attached hydrogens (tertiary/aromatic N) is 2. The van der Waals surface area contributed by atoms with E-state index in [0.29, 0.717) is 35.4 Å². The van der Waals surface area contributed by atoms with Crippen molar-refractivity contribution in [2.75, 3.05) is 0 Å². The molecule has 3 aliphatic rings. The molecule has 0 bridgehead atoms. The van der Waals surface area contributed by atoms with Crippen LogP contribution in [0.2, 0.25) is 0 Å². The van der Waals surface area contributed by atoms with Crippen molar-refractivity contribution in [2.45, 2.75) is 77.7 Å². The molecule has 8 heteroatoms. The largest absolute Gasteiger partial charge is 0.502 e. The van der Waals surface area contributed by atoms with Crippen molar-refractivity contribution < 1.29 is 24.4 Å². The highest BCUT2D eigenvalue weighted by Gasteiger charge is 2.46. The summed E-state index contributed by atoms with van der Waals surface area (Å²) in [6, 6.07) is 4.05. The molecular formula is C25H30N2O6.